The number of amides is 1. The molecule has 0 saturated carbocycles. The minimum absolute atomic E-state index is 0.0805. The number of hydrogen-bond acceptors (Lipinski definition) is 3. The lowest BCUT2D eigenvalue weighted by molar-refractivity contribution is -0.124. The highest BCUT2D eigenvalue weighted by atomic mass is 16.5. The van der Waals surface area contributed by atoms with E-state index in [-0.39, 0.29) is 17.8 Å². The van der Waals surface area contributed by atoms with Crippen LogP contribution in [0.15, 0.2) is 18.2 Å². The molecule has 0 aromatic heterocycles. The second-order valence-corrected chi connectivity index (χ2v) is 4.01. The zero-order valence-electron chi connectivity index (χ0n) is 9.19. The normalized spacial score (nSPS) is 19.7. The van der Waals surface area contributed by atoms with Crippen LogP contribution >= 0.6 is 0 Å². The molecule has 1 saturated heterocycles. The quantitative estimate of drug-likeness (QED) is 0.749. The molecule has 1 fully saturated rings. The molecule has 4 nitrogen and oxygen atoms in total. The predicted molar refractivity (Wildman–Crippen MR) is 60.4 cm³/mol. The molecule has 1 amide bonds. The van der Waals surface area contributed by atoms with Gasteiger partial charge in [-0.25, -0.2) is 0 Å². The fraction of sp³-hybridized carbons (Fsp3) is 0.417. The van der Waals surface area contributed by atoms with Crippen LogP contribution in [0.2, 0.25) is 0 Å². The second-order valence-electron chi connectivity index (χ2n) is 4.01. The third-order valence-corrected chi connectivity index (χ3v) is 2.63. The van der Waals surface area contributed by atoms with Crippen molar-refractivity contribution in [2.75, 3.05) is 11.9 Å². The van der Waals surface area contributed by atoms with Crippen molar-refractivity contribution in [2.45, 2.75) is 25.9 Å². The third kappa shape index (κ3) is 2.33. The van der Waals surface area contributed by atoms with Crippen molar-refractivity contribution in [3.05, 3.63) is 23.8 Å². The lowest BCUT2D eigenvalue weighted by Crippen LogP contribution is -2.26. The Morgan fingerprint density at radius 3 is 3.06 bits per heavy atom. The zero-order valence-corrected chi connectivity index (χ0v) is 9.19. The third-order valence-electron chi connectivity index (χ3n) is 2.63. The number of carbonyl (C=O) groups is 1. The average molecular weight is 221 g/mol. The first-order valence-electron chi connectivity index (χ1n) is 5.39. The number of aryl methyl sites for hydroxylation is 1. The molecule has 1 aliphatic heterocycles. The summed E-state index contributed by atoms with van der Waals surface area (Å²) >= 11 is 0. The van der Waals surface area contributed by atoms with E-state index in [9.17, 15) is 9.90 Å². The van der Waals surface area contributed by atoms with Crippen molar-refractivity contribution in [3.8, 4) is 5.75 Å². The molecule has 0 radical (unpaired) electrons. The molecule has 86 valence electrons. The molecule has 1 aromatic rings. The average Bonchev–Trinajstić information content (AvgIpc) is 2.76. The van der Waals surface area contributed by atoms with Crippen LogP contribution in [0.4, 0.5) is 5.69 Å². The first-order valence-corrected chi connectivity index (χ1v) is 5.39. The Morgan fingerprint density at radius 1 is 1.56 bits per heavy atom. The van der Waals surface area contributed by atoms with Crippen LogP contribution in [0.3, 0.4) is 0 Å². The highest BCUT2D eigenvalue weighted by molar-refractivity contribution is 5.95. The minimum Gasteiger partial charge on any atom is -0.506 e. The largest absolute Gasteiger partial charge is 0.506 e. The highest BCUT2D eigenvalue weighted by Crippen LogP contribution is 2.25. The summed E-state index contributed by atoms with van der Waals surface area (Å²) in [7, 11) is 0. The molecular weight excluding hydrogens is 206 g/mol. The van der Waals surface area contributed by atoms with Gasteiger partial charge in [-0.15, -0.1) is 0 Å². The van der Waals surface area contributed by atoms with E-state index in [0.717, 1.165) is 18.4 Å². The molecule has 0 spiro atoms. The first kappa shape index (κ1) is 11.0. The Balaban J connectivity index is 2.07. The summed E-state index contributed by atoms with van der Waals surface area (Å²) in [5, 5.41) is 12.3. The Morgan fingerprint density at radius 2 is 2.38 bits per heavy atom. The maximum absolute atomic E-state index is 11.7. The minimum atomic E-state index is -0.375. The van der Waals surface area contributed by atoms with Gasteiger partial charge < -0.3 is 15.2 Å². The van der Waals surface area contributed by atoms with Crippen LogP contribution in [0.25, 0.3) is 0 Å². The topological polar surface area (TPSA) is 58.6 Å². The van der Waals surface area contributed by atoms with Crippen molar-refractivity contribution >= 4 is 11.6 Å². The molecule has 1 aromatic carbocycles. The van der Waals surface area contributed by atoms with Gasteiger partial charge in [-0.1, -0.05) is 6.07 Å². The van der Waals surface area contributed by atoms with E-state index >= 15 is 0 Å². The molecule has 1 heterocycles. The molecular formula is C12H15NO3. The molecule has 1 aliphatic rings. The van der Waals surface area contributed by atoms with E-state index in [1.54, 1.807) is 18.2 Å². The van der Waals surface area contributed by atoms with E-state index in [1.165, 1.54) is 0 Å². The van der Waals surface area contributed by atoms with Gasteiger partial charge in [0.05, 0.1) is 5.69 Å². The maximum atomic E-state index is 11.7. The molecule has 0 bridgehead atoms. The number of aromatic hydroxyl groups is 1. The van der Waals surface area contributed by atoms with Crippen LogP contribution in [-0.2, 0) is 9.53 Å². The summed E-state index contributed by atoms with van der Waals surface area (Å²) in [4.78, 5) is 11.7. The van der Waals surface area contributed by atoms with E-state index in [1.807, 2.05) is 6.92 Å². The van der Waals surface area contributed by atoms with Crippen molar-refractivity contribution < 1.29 is 14.6 Å². The van der Waals surface area contributed by atoms with E-state index < -0.39 is 0 Å². The molecule has 0 aliphatic carbocycles. The van der Waals surface area contributed by atoms with Gasteiger partial charge in [0.2, 0.25) is 0 Å². The molecule has 1 atom stereocenters. The Hall–Kier alpha value is -1.55. The number of rotatable bonds is 2. The summed E-state index contributed by atoms with van der Waals surface area (Å²) in [6.45, 7) is 2.54. The van der Waals surface area contributed by atoms with E-state index in [4.69, 9.17) is 4.74 Å². The second kappa shape index (κ2) is 4.53. The van der Waals surface area contributed by atoms with Crippen LogP contribution < -0.4 is 5.32 Å². The number of benzene rings is 1. The fourth-order valence-electron chi connectivity index (χ4n) is 1.75. The van der Waals surface area contributed by atoms with Gasteiger partial charge in [-0.3, -0.25) is 4.79 Å². The molecule has 2 rings (SSSR count). The van der Waals surface area contributed by atoms with Crippen LogP contribution in [0.1, 0.15) is 18.4 Å². The van der Waals surface area contributed by atoms with Crippen molar-refractivity contribution in [1.29, 1.82) is 0 Å². The molecule has 0 unspecified atom stereocenters. The summed E-state index contributed by atoms with van der Waals surface area (Å²) in [5.41, 5.74) is 1.43. The van der Waals surface area contributed by atoms with E-state index in [2.05, 4.69) is 5.32 Å². The van der Waals surface area contributed by atoms with Gasteiger partial charge in [0, 0.05) is 6.61 Å². The number of anilines is 1. The Kier molecular flexibility index (Phi) is 3.10. The summed E-state index contributed by atoms with van der Waals surface area (Å²) in [6, 6.07) is 5.10. The summed E-state index contributed by atoms with van der Waals surface area (Å²) in [5.74, 6) is -0.102. The van der Waals surface area contributed by atoms with Crippen molar-refractivity contribution in [2.24, 2.45) is 0 Å². The maximum Gasteiger partial charge on any atom is 0.253 e. The van der Waals surface area contributed by atoms with Gasteiger partial charge in [0.15, 0.2) is 0 Å². The number of carbonyl (C=O) groups excluding carboxylic acids is 1. The Labute approximate surface area is 94.2 Å². The van der Waals surface area contributed by atoms with E-state index in [0.29, 0.717) is 12.3 Å². The predicted octanol–water partition coefficient (Wildman–Crippen LogP) is 1.82. The van der Waals surface area contributed by atoms with Crippen molar-refractivity contribution in [3.63, 3.8) is 0 Å². The number of phenols is 1. The zero-order chi connectivity index (χ0) is 11.5. The van der Waals surface area contributed by atoms with Gasteiger partial charge >= 0.3 is 0 Å². The van der Waals surface area contributed by atoms with Gasteiger partial charge in [0.1, 0.15) is 11.9 Å². The van der Waals surface area contributed by atoms with Gasteiger partial charge in [0.25, 0.3) is 5.91 Å². The lowest BCUT2D eigenvalue weighted by Gasteiger charge is -2.11. The lowest BCUT2D eigenvalue weighted by atomic mass is 10.2. The molecule has 2 N–H and O–H groups in total. The molecule has 16 heavy (non-hydrogen) atoms. The number of hydrogen-bond donors (Lipinski definition) is 2. The van der Waals surface area contributed by atoms with Crippen LogP contribution in [0.5, 0.6) is 5.75 Å². The smallest absolute Gasteiger partial charge is 0.253 e. The van der Waals surface area contributed by atoms with Gasteiger partial charge in [-0.2, -0.15) is 0 Å². The fourth-order valence-corrected chi connectivity index (χ4v) is 1.75. The van der Waals surface area contributed by atoms with Crippen LogP contribution in [0, 0.1) is 6.92 Å². The highest BCUT2D eigenvalue weighted by Gasteiger charge is 2.24. The van der Waals surface area contributed by atoms with Crippen LogP contribution in [-0.4, -0.2) is 23.7 Å². The number of phenolic OH excluding ortho intramolecular Hbond substituents is 1. The Bertz CT molecular complexity index is 397. The summed E-state index contributed by atoms with van der Waals surface area (Å²) in [6.07, 6.45) is 1.29. The van der Waals surface area contributed by atoms with Crippen molar-refractivity contribution in [1.82, 2.24) is 0 Å². The first-order chi connectivity index (χ1) is 7.66. The number of nitrogens with one attached hydrogen (secondary N) is 1. The molecule has 4 heteroatoms. The summed E-state index contributed by atoms with van der Waals surface area (Å²) < 4.78 is 5.26. The van der Waals surface area contributed by atoms with Gasteiger partial charge in [-0.05, 0) is 37.5 Å². The standard InChI is InChI=1S/C12H15NO3/c1-8-4-5-10(14)9(7-8)13-12(15)11-3-2-6-16-11/h4-5,7,11,14H,2-3,6H2,1H3,(H,13,15)/t11-/m0/s1. The SMILES string of the molecule is Cc1ccc(O)c(NC(=O)[C@@H]2CCCO2)c1. The monoisotopic (exact) mass is 221 g/mol. The number of ether oxygens (including phenoxy) is 1.